The van der Waals surface area contributed by atoms with Gasteiger partial charge in [0.1, 0.15) is 0 Å². The highest BCUT2D eigenvalue weighted by Crippen LogP contribution is 2.40. The van der Waals surface area contributed by atoms with Crippen molar-refractivity contribution in [2.45, 2.75) is 6.54 Å². The fraction of sp³-hybridized carbons (Fsp3) is 0.160. The Kier molecular flexibility index (Phi) is 4.84. The Bertz CT molecular complexity index is 1260. The highest BCUT2D eigenvalue weighted by Gasteiger charge is 2.23. The first kappa shape index (κ1) is 19.2. The number of nitrogens with zero attached hydrogens (tertiary/aromatic N) is 2. The number of fused-ring (bicyclic) bond motifs is 2. The highest BCUT2D eigenvalue weighted by atomic mass is 16.7. The maximum Gasteiger partial charge on any atom is 0.231 e. The average Bonchev–Trinajstić information content (AvgIpc) is 3.34. The molecule has 4 aromatic rings. The lowest BCUT2D eigenvalue weighted by molar-refractivity contribution is 0.174. The average molecular weight is 413 g/mol. The second kappa shape index (κ2) is 7.81. The normalized spacial score (nSPS) is 13.3. The minimum Gasteiger partial charge on any atom is -0.494 e. The zero-order valence-corrected chi connectivity index (χ0v) is 17.4. The first-order chi connectivity index (χ1) is 15.1. The number of aromatic hydroxyl groups is 1. The van der Waals surface area contributed by atoms with Gasteiger partial charge >= 0.3 is 0 Å². The van der Waals surface area contributed by atoms with E-state index in [0.29, 0.717) is 22.8 Å². The van der Waals surface area contributed by atoms with Crippen molar-refractivity contribution in [2.24, 2.45) is 4.99 Å². The molecule has 1 aliphatic heterocycles. The summed E-state index contributed by atoms with van der Waals surface area (Å²) in [5.41, 5.74) is 5.03. The SMILES string of the molecule is CN(C)Cc1ccc(N=C(c2ccccc2)c2c(O)[nH]c3cc4c(cc23)OCO4)cc1. The summed E-state index contributed by atoms with van der Waals surface area (Å²) in [4.78, 5) is 10.1. The van der Waals surface area contributed by atoms with E-state index in [2.05, 4.69) is 22.0 Å². The second-order valence-corrected chi connectivity index (χ2v) is 7.83. The third-order valence-corrected chi connectivity index (χ3v) is 5.23. The van der Waals surface area contributed by atoms with Crippen molar-refractivity contribution in [3.63, 3.8) is 0 Å². The van der Waals surface area contributed by atoms with Crippen molar-refractivity contribution < 1.29 is 14.6 Å². The molecule has 0 atom stereocenters. The van der Waals surface area contributed by atoms with Gasteiger partial charge in [-0.3, -0.25) is 0 Å². The minimum atomic E-state index is 0.0607. The summed E-state index contributed by atoms with van der Waals surface area (Å²) in [5.74, 6) is 1.38. The molecule has 156 valence electrons. The van der Waals surface area contributed by atoms with Gasteiger partial charge in [0, 0.05) is 23.6 Å². The molecule has 0 spiro atoms. The van der Waals surface area contributed by atoms with Gasteiger partial charge < -0.3 is 24.5 Å². The molecule has 0 unspecified atom stereocenters. The number of nitrogens with one attached hydrogen (secondary N) is 1. The molecule has 0 radical (unpaired) electrons. The zero-order valence-electron chi connectivity index (χ0n) is 17.4. The summed E-state index contributed by atoms with van der Waals surface area (Å²) >= 11 is 0. The summed E-state index contributed by atoms with van der Waals surface area (Å²) < 4.78 is 11.0. The van der Waals surface area contributed by atoms with Crippen molar-refractivity contribution in [1.82, 2.24) is 9.88 Å². The van der Waals surface area contributed by atoms with E-state index in [9.17, 15) is 5.11 Å². The number of aliphatic imine (C=N–C) groups is 1. The molecular weight excluding hydrogens is 390 g/mol. The third-order valence-electron chi connectivity index (χ3n) is 5.23. The van der Waals surface area contributed by atoms with Crippen LogP contribution in [0.3, 0.4) is 0 Å². The van der Waals surface area contributed by atoms with Gasteiger partial charge in [0.2, 0.25) is 6.79 Å². The molecule has 0 aliphatic carbocycles. The zero-order chi connectivity index (χ0) is 21.4. The molecule has 0 bridgehead atoms. The Morgan fingerprint density at radius 2 is 1.71 bits per heavy atom. The largest absolute Gasteiger partial charge is 0.494 e. The van der Waals surface area contributed by atoms with Crippen molar-refractivity contribution in [2.75, 3.05) is 20.9 Å². The Morgan fingerprint density at radius 3 is 2.42 bits per heavy atom. The third kappa shape index (κ3) is 3.73. The molecule has 31 heavy (non-hydrogen) atoms. The van der Waals surface area contributed by atoms with Crippen LogP contribution in [0, 0.1) is 0 Å². The number of rotatable bonds is 5. The van der Waals surface area contributed by atoms with Crippen LogP contribution in [0.25, 0.3) is 10.9 Å². The number of aromatic amines is 1. The van der Waals surface area contributed by atoms with Crippen LogP contribution in [0.4, 0.5) is 5.69 Å². The molecule has 6 heteroatoms. The van der Waals surface area contributed by atoms with E-state index in [1.54, 1.807) is 0 Å². The molecular formula is C25H23N3O3. The molecule has 5 rings (SSSR count). The van der Waals surface area contributed by atoms with Crippen molar-refractivity contribution in [1.29, 1.82) is 0 Å². The lowest BCUT2D eigenvalue weighted by Gasteiger charge is -2.10. The molecule has 0 fully saturated rings. The van der Waals surface area contributed by atoms with E-state index >= 15 is 0 Å². The Balaban J connectivity index is 1.66. The van der Waals surface area contributed by atoms with Crippen LogP contribution in [0.5, 0.6) is 17.4 Å². The number of aromatic nitrogens is 1. The van der Waals surface area contributed by atoms with Gasteiger partial charge in [0.05, 0.1) is 22.5 Å². The van der Waals surface area contributed by atoms with Gasteiger partial charge in [-0.1, -0.05) is 42.5 Å². The first-order valence-corrected chi connectivity index (χ1v) is 10.1. The quantitative estimate of drug-likeness (QED) is 0.460. The molecule has 1 aromatic heterocycles. The van der Waals surface area contributed by atoms with Crippen LogP contribution in [0.15, 0.2) is 71.7 Å². The first-order valence-electron chi connectivity index (χ1n) is 10.1. The molecule has 0 saturated carbocycles. The Morgan fingerprint density at radius 1 is 1.00 bits per heavy atom. The van der Waals surface area contributed by atoms with Gasteiger partial charge in [-0.25, -0.2) is 4.99 Å². The van der Waals surface area contributed by atoms with E-state index in [0.717, 1.165) is 28.7 Å². The monoisotopic (exact) mass is 413 g/mol. The molecule has 0 saturated heterocycles. The molecule has 6 nitrogen and oxygen atoms in total. The number of ether oxygens (including phenoxy) is 2. The molecule has 0 amide bonds. The summed E-state index contributed by atoms with van der Waals surface area (Å²) in [5, 5.41) is 11.7. The van der Waals surface area contributed by atoms with Crippen LogP contribution in [-0.4, -0.2) is 41.6 Å². The van der Waals surface area contributed by atoms with Gasteiger partial charge in [-0.2, -0.15) is 0 Å². The van der Waals surface area contributed by atoms with E-state index in [1.165, 1.54) is 5.56 Å². The fourth-order valence-electron chi connectivity index (χ4n) is 3.84. The maximum atomic E-state index is 10.8. The summed E-state index contributed by atoms with van der Waals surface area (Å²) in [6.45, 7) is 1.06. The van der Waals surface area contributed by atoms with Crippen LogP contribution in [-0.2, 0) is 6.54 Å². The standard InChI is InChI=1S/C25H23N3O3/c1-28(2)14-16-8-10-18(11-9-16)26-24(17-6-4-3-5-7-17)23-19-12-21-22(31-15-30-21)13-20(19)27-25(23)29/h3-13,27,29H,14-15H2,1-2H3. The predicted octanol–water partition coefficient (Wildman–Crippen LogP) is 4.83. The molecule has 2 N–H and O–H groups in total. The van der Waals surface area contributed by atoms with Gasteiger partial charge in [0.25, 0.3) is 0 Å². The van der Waals surface area contributed by atoms with Gasteiger partial charge in [0.15, 0.2) is 17.4 Å². The minimum absolute atomic E-state index is 0.0607. The van der Waals surface area contributed by atoms with Crippen molar-refractivity contribution >= 4 is 22.3 Å². The predicted molar refractivity (Wildman–Crippen MR) is 122 cm³/mol. The second-order valence-electron chi connectivity index (χ2n) is 7.83. The number of hydrogen-bond donors (Lipinski definition) is 2. The summed E-state index contributed by atoms with van der Waals surface area (Å²) in [6, 6.07) is 21.8. The smallest absolute Gasteiger partial charge is 0.231 e. The van der Waals surface area contributed by atoms with Crippen molar-refractivity contribution in [3.05, 3.63) is 83.4 Å². The van der Waals surface area contributed by atoms with E-state index in [-0.39, 0.29) is 12.7 Å². The molecule has 1 aliphatic rings. The molecule has 2 heterocycles. The summed E-state index contributed by atoms with van der Waals surface area (Å²) in [7, 11) is 4.09. The number of hydrogen-bond acceptors (Lipinski definition) is 5. The van der Waals surface area contributed by atoms with Gasteiger partial charge in [-0.05, 0) is 37.9 Å². The molecule has 3 aromatic carbocycles. The highest BCUT2D eigenvalue weighted by molar-refractivity contribution is 6.22. The van der Waals surface area contributed by atoms with Gasteiger partial charge in [-0.15, -0.1) is 0 Å². The number of benzene rings is 3. The number of H-pyrrole nitrogens is 1. The Hall–Kier alpha value is -3.77. The maximum absolute atomic E-state index is 10.8. The summed E-state index contributed by atoms with van der Waals surface area (Å²) in [6.07, 6.45) is 0. The van der Waals surface area contributed by atoms with Crippen LogP contribution in [0.1, 0.15) is 16.7 Å². The topological polar surface area (TPSA) is 70.1 Å². The fourth-order valence-corrected chi connectivity index (χ4v) is 3.84. The van der Waals surface area contributed by atoms with Crippen LogP contribution in [0.2, 0.25) is 0 Å². The van der Waals surface area contributed by atoms with Crippen LogP contribution >= 0.6 is 0 Å². The van der Waals surface area contributed by atoms with E-state index < -0.39 is 0 Å². The lowest BCUT2D eigenvalue weighted by atomic mass is 10.0. The van der Waals surface area contributed by atoms with E-state index in [4.69, 9.17) is 14.5 Å². The van der Waals surface area contributed by atoms with Crippen LogP contribution < -0.4 is 9.47 Å². The van der Waals surface area contributed by atoms with Crippen molar-refractivity contribution in [3.8, 4) is 17.4 Å². The lowest BCUT2D eigenvalue weighted by Crippen LogP contribution is -2.10. The van der Waals surface area contributed by atoms with E-state index in [1.807, 2.05) is 68.7 Å². The Labute approximate surface area is 180 Å².